The first-order valence-corrected chi connectivity index (χ1v) is 5.23. The Bertz CT molecular complexity index is 311. The molecule has 1 atom stereocenters. The van der Waals surface area contributed by atoms with E-state index in [1.807, 2.05) is 12.1 Å². The number of hydrogen-bond donors (Lipinski definition) is 1. The molecule has 1 heterocycles. The van der Waals surface area contributed by atoms with Crippen LogP contribution in [0.1, 0.15) is 24.3 Å². The molecular weight excluding hydrogens is 174 g/mol. The fraction of sp³-hybridized carbons (Fsp3) is 0.500. The molecule has 1 aromatic rings. The van der Waals surface area contributed by atoms with Crippen LogP contribution in [0.4, 0.5) is 0 Å². The lowest BCUT2D eigenvalue weighted by atomic mass is 9.91. The van der Waals surface area contributed by atoms with E-state index < -0.39 is 0 Å². The molecule has 1 N–H and O–H groups in total. The Labute approximate surface area is 85.2 Å². The van der Waals surface area contributed by atoms with Crippen LogP contribution < -0.4 is 0 Å². The summed E-state index contributed by atoms with van der Waals surface area (Å²) in [4.78, 5) is 2.36. The Morgan fingerprint density at radius 2 is 2.29 bits per heavy atom. The van der Waals surface area contributed by atoms with Crippen molar-refractivity contribution in [3.8, 4) is 5.75 Å². The fourth-order valence-corrected chi connectivity index (χ4v) is 2.22. The summed E-state index contributed by atoms with van der Waals surface area (Å²) >= 11 is 0. The molecule has 0 aliphatic carbocycles. The van der Waals surface area contributed by atoms with Crippen molar-refractivity contribution in [3.05, 3.63) is 29.8 Å². The van der Waals surface area contributed by atoms with Gasteiger partial charge in [0.1, 0.15) is 5.75 Å². The molecule has 1 saturated heterocycles. The maximum absolute atomic E-state index is 9.40. The molecule has 0 aromatic heterocycles. The van der Waals surface area contributed by atoms with E-state index in [1.54, 1.807) is 6.07 Å². The van der Waals surface area contributed by atoms with E-state index in [2.05, 4.69) is 18.0 Å². The number of phenols is 1. The molecule has 14 heavy (non-hydrogen) atoms. The van der Waals surface area contributed by atoms with Crippen LogP contribution in [-0.2, 0) is 0 Å². The lowest BCUT2D eigenvalue weighted by molar-refractivity contribution is 0.250. The Morgan fingerprint density at radius 1 is 1.43 bits per heavy atom. The van der Waals surface area contributed by atoms with Crippen molar-refractivity contribution in [2.45, 2.75) is 18.8 Å². The first-order valence-electron chi connectivity index (χ1n) is 5.23. The van der Waals surface area contributed by atoms with Crippen molar-refractivity contribution in [1.29, 1.82) is 0 Å². The van der Waals surface area contributed by atoms with Crippen molar-refractivity contribution in [3.63, 3.8) is 0 Å². The fourth-order valence-electron chi connectivity index (χ4n) is 2.22. The molecule has 1 aliphatic heterocycles. The highest BCUT2D eigenvalue weighted by atomic mass is 16.3. The molecule has 0 saturated carbocycles. The molecule has 0 spiro atoms. The van der Waals surface area contributed by atoms with Gasteiger partial charge in [-0.25, -0.2) is 0 Å². The molecule has 0 unspecified atom stereocenters. The zero-order chi connectivity index (χ0) is 9.97. The molecule has 2 heteroatoms. The second-order valence-electron chi connectivity index (χ2n) is 4.20. The van der Waals surface area contributed by atoms with Crippen LogP contribution in [0, 0.1) is 0 Å². The first-order chi connectivity index (χ1) is 6.75. The Hall–Kier alpha value is -1.02. The Morgan fingerprint density at radius 3 is 3.00 bits per heavy atom. The summed E-state index contributed by atoms with van der Waals surface area (Å²) in [7, 11) is 2.16. The highest BCUT2D eigenvalue weighted by molar-refractivity contribution is 5.30. The molecule has 2 nitrogen and oxygen atoms in total. The van der Waals surface area contributed by atoms with Crippen LogP contribution in [0.25, 0.3) is 0 Å². The monoisotopic (exact) mass is 191 g/mol. The smallest absolute Gasteiger partial charge is 0.115 e. The van der Waals surface area contributed by atoms with Crippen LogP contribution >= 0.6 is 0 Å². The largest absolute Gasteiger partial charge is 0.508 e. The number of hydrogen-bond acceptors (Lipinski definition) is 2. The van der Waals surface area contributed by atoms with Gasteiger partial charge in [0.15, 0.2) is 0 Å². The van der Waals surface area contributed by atoms with E-state index in [1.165, 1.54) is 24.9 Å². The number of rotatable bonds is 1. The summed E-state index contributed by atoms with van der Waals surface area (Å²) in [6.07, 6.45) is 2.50. The van der Waals surface area contributed by atoms with Crippen LogP contribution in [-0.4, -0.2) is 30.1 Å². The van der Waals surface area contributed by atoms with Crippen LogP contribution in [0.5, 0.6) is 5.75 Å². The van der Waals surface area contributed by atoms with Gasteiger partial charge in [0.05, 0.1) is 0 Å². The highest BCUT2D eigenvalue weighted by Crippen LogP contribution is 2.27. The summed E-state index contributed by atoms with van der Waals surface area (Å²) < 4.78 is 0. The second kappa shape index (κ2) is 4.01. The zero-order valence-electron chi connectivity index (χ0n) is 8.61. The van der Waals surface area contributed by atoms with Crippen LogP contribution in [0.15, 0.2) is 24.3 Å². The van der Waals surface area contributed by atoms with Crippen LogP contribution in [0.2, 0.25) is 0 Å². The van der Waals surface area contributed by atoms with Gasteiger partial charge >= 0.3 is 0 Å². The maximum Gasteiger partial charge on any atom is 0.115 e. The van der Waals surface area contributed by atoms with Crippen molar-refractivity contribution in [2.75, 3.05) is 20.1 Å². The van der Waals surface area contributed by atoms with Crippen molar-refractivity contribution in [1.82, 2.24) is 4.90 Å². The van der Waals surface area contributed by atoms with Gasteiger partial charge in [0.2, 0.25) is 0 Å². The number of benzene rings is 1. The molecule has 2 rings (SSSR count). The van der Waals surface area contributed by atoms with Gasteiger partial charge in [-0.1, -0.05) is 12.1 Å². The number of piperidine rings is 1. The van der Waals surface area contributed by atoms with E-state index in [9.17, 15) is 5.11 Å². The van der Waals surface area contributed by atoms with Crippen LogP contribution in [0.3, 0.4) is 0 Å². The standard InChI is InChI=1S/C12H17NO/c1-13-7-3-5-11(9-13)10-4-2-6-12(14)8-10/h2,4,6,8,11,14H,3,5,7,9H2,1H3/t11-/m0/s1. The van der Waals surface area contributed by atoms with Crippen molar-refractivity contribution in [2.24, 2.45) is 0 Å². The Balaban J connectivity index is 2.14. The van der Waals surface area contributed by atoms with Crippen molar-refractivity contribution < 1.29 is 5.11 Å². The third kappa shape index (κ3) is 2.07. The summed E-state index contributed by atoms with van der Waals surface area (Å²) in [5.41, 5.74) is 1.27. The number of likely N-dealkylation sites (N-methyl/N-ethyl adjacent to an activating group) is 1. The quantitative estimate of drug-likeness (QED) is 0.735. The van der Waals surface area contributed by atoms with Gasteiger partial charge < -0.3 is 10.0 Å². The van der Waals surface area contributed by atoms with E-state index >= 15 is 0 Å². The number of likely N-dealkylation sites (tertiary alicyclic amines) is 1. The van der Waals surface area contributed by atoms with E-state index in [0.717, 1.165) is 6.54 Å². The minimum atomic E-state index is 0.385. The lowest BCUT2D eigenvalue weighted by Crippen LogP contribution is -2.30. The molecule has 1 aromatic carbocycles. The summed E-state index contributed by atoms with van der Waals surface area (Å²) in [5, 5.41) is 9.40. The van der Waals surface area contributed by atoms with E-state index in [0.29, 0.717) is 11.7 Å². The minimum Gasteiger partial charge on any atom is -0.508 e. The van der Waals surface area contributed by atoms with Gasteiger partial charge in [-0.3, -0.25) is 0 Å². The molecular formula is C12H17NO. The SMILES string of the molecule is CN1CCC[C@H](c2cccc(O)c2)C1. The molecule has 1 fully saturated rings. The Kier molecular flexibility index (Phi) is 2.73. The van der Waals surface area contributed by atoms with Gasteiger partial charge in [0.25, 0.3) is 0 Å². The number of phenolic OH excluding ortho intramolecular Hbond substituents is 1. The molecule has 0 radical (unpaired) electrons. The van der Waals surface area contributed by atoms with Gasteiger partial charge in [-0.15, -0.1) is 0 Å². The van der Waals surface area contributed by atoms with Crippen molar-refractivity contribution >= 4 is 0 Å². The minimum absolute atomic E-state index is 0.385. The molecule has 76 valence electrons. The lowest BCUT2D eigenvalue weighted by Gasteiger charge is -2.29. The average Bonchev–Trinajstić information content (AvgIpc) is 2.18. The van der Waals surface area contributed by atoms with E-state index in [-0.39, 0.29) is 0 Å². The molecule has 0 amide bonds. The predicted molar refractivity (Wildman–Crippen MR) is 57.6 cm³/mol. The normalized spacial score (nSPS) is 23.6. The molecule has 1 aliphatic rings. The summed E-state index contributed by atoms with van der Waals surface area (Å²) in [5.74, 6) is 0.983. The third-order valence-corrected chi connectivity index (χ3v) is 2.97. The average molecular weight is 191 g/mol. The topological polar surface area (TPSA) is 23.5 Å². The number of nitrogens with zero attached hydrogens (tertiary/aromatic N) is 1. The van der Waals surface area contributed by atoms with Gasteiger partial charge in [-0.2, -0.15) is 0 Å². The predicted octanol–water partition coefficient (Wildman–Crippen LogP) is 2.20. The van der Waals surface area contributed by atoms with E-state index in [4.69, 9.17) is 0 Å². The second-order valence-corrected chi connectivity index (χ2v) is 4.20. The highest BCUT2D eigenvalue weighted by Gasteiger charge is 2.18. The number of aromatic hydroxyl groups is 1. The van der Waals surface area contributed by atoms with Gasteiger partial charge in [-0.05, 0) is 50.0 Å². The van der Waals surface area contributed by atoms with Gasteiger partial charge in [0, 0.05) is 6.54 Å². The summed E-state index contributed by atoms with van der Waals surface area (Å²) in [6, 6.07) is 7.67. The maximum atomic E-state index is 9.40. The third-order valence-electron chi connectivity index (χ3n) is 2.97. The first kappa shape index (κ1) is 9.53. The molecule has 0 bridgehead atoms. The zero-order valence-corrected chi connectivity index (χ0v) is 8.61. The summed E-state index contributed by atoms with van der Waals surface area (Å²) in [6.45, 7) is 2.32.